The van der Waals surface area contributed by atoms with E-state index < -0.39 is 18.0 Å². The Balaban J connectivity index is 1.06. The average molecular weight is 618 g/mol. The molecule has 11 nitrogen and oxygen atoms in total. The first-order valence-corrected chi connectivity index (χ1v) is 16.5. The Hall–Kier alpha value is -3.67. The number of piperazine rings is 3. The van der Waals surface area contributed by atoms with Gasteiger partial charge in [0.15, 0.2) is 5.96 Å². The summed E-state index contributed by atoms with van der Waals surface area (Å²) in [5.74, 6) is -1.86. The van der Waals surface area contributed by atoms with Crippen LogP contribution in [0.5, 0.6) is 0 Å². The molecule has 6 aliphatic heterocycles. The smallest absolute Gasteiger partial charge is 0.352 e. The first-order valence-electron chi connectivity index (χ1n) is 16.5. The van der Waals surface area contributed by atoms with E-state index in [2.05, 4.69) is 40.2 Å². The monoisotopic (exact) mass is 617 g/mol. The molecule has 2 aromatic rings. The van der Waals surface area contributed by atoms with E-state index >= 15 is 0 Å². The van der Waals surface area contributed by atoms with Crippen molar-refractivity contribution in [2.24, 2.45) is 28.3 Å². The van der Waals surface area contributed by atoms with Gasteiger partial charge in [-0.2, -0.15) is 0 Å². The number of carbonyl (C=O) groups excluding carboxylic acids is 1. The Bertz CT molecular complexity index is 1590. The summed E-state index contributed by atoms with van der Waals surface area (Å²) >= 11 is 0. The molecule has 0 spiro atoms. The Labute approximate surface area is 264 Å². The van der Waals surface area contributed by atoms with Gasteiger partial charge in [-0.1, -0.05) is 31.2 Å². The number of aliphatic imine (C=N–C) groups is 1. The Morgan fingerprint density at radius 1 is 1.07 bits per heavy atom. The van der Waals surface area contributed by atoms with Gasteiger partial charge in [0.2, 0.25) is 5.91 Å². The van der Waals surface area contributed by atoms with E-state index in [9.17, 15) is 19.8 Å². The molecule has 6 N–H and O–H groups in total. The predicted octanol–water partition coefficient (Wildman–Crippen LogP) is 1.22. The number of aliphatic hydroxyl groups is 1. The number of hydrogen-bond acceptors (Lipinski definition) is 5. The number of nitrogens with zero attached hydrogens (tertiary/aromatic N) is 5. The lowest BCUT2D eigenvalue weighted by Crippen LogP contribution is -2.75. The SMILES string of the molecule is CC(O)C1C(=O)N2C(C(=O)O)=C(CN3Cc4ccc(CC[N+]56CC[N+](CCCN=C(N)N)(CC5)CC6)c5cccc3c45)[C@H](C)C12. The van der Waals surface area contributed by atoms with Crippen molar-refractivity contribution in [3.05, 3.63) is 52.7 Å². The second kappa shape index (κ2) is 11.0. The number of carboxylic acid groups (broad SMARTS) is 1. The van der Waals surface area contributed by atoms with Crippen LogP contribution in [0.25, 0.3) is 10.8 Å². The van der Waals surface area contributed by atoms with Crippen LogP contribution in [0.15, 0.2) is 46.6 Å². The minimum absolute atomic E-state index is 0.103. The first-order chi connectivity index (χ1) is 21.5. The highest BCUT2D eigenvalue weighted by atomic mass is 16.4. The van der Waals surface area contributed by atoms with Crippen LogP contribution in [0.1, 0.15) is 31.4 Å². The van der Waals surface area contributed by atoms with E-state index in [4.69, 9.17) is 11.5 Å². The molecule has 2 aromatic carbocycles. The van der Waals surface area contributed by atoms with E-state index in [-0.39, 0.29) is 29.5 Å². The molecule has 8 rings (SSSR count). The molecule has 4 saturated heterocycles. The van der Waals surface area contributed by atoms with Crippen molar-refractivity contribution < 1.29 is 28.8 Å². The predicted molar refractivity (Wildman–Crippen MR) is 173 cm³/mol. The zero-order valence-corrected chi connectivity index (χ0v) is 26.5. The maximum absolute atomic E-state index is 12.9. The van der Waals surface area contributed by atoms with Gasteiger partial charge in [0.25, 0.3) is 0 Å². The lowest BCUT2D eigenvalue weighted by atomic mass is 9.77. The molecule has 0 saturated carbocycles. The number of rotatable bonds is 11. The molecule has 0 radical (unpaired) electrons. The van der Waals surface area contributed by atoms with E-state index in [0.29, 0.717) is 19.6 Å². The maximum atomic E-state index is 12.9. The Kier molecular flexibility index (Phi) is 7.33. The van der Waals surface area contributed by atoms with Gasteiger partial charge in [-0.25, -0.2) is 4.79 Å². The number of anilines is 1. The third-order valence-corrected chi connectivity index (χ3v) is 11.9. The molecule has 0 aliphatic carbocycles. The van der Waals surface area contributed by atoms with Gasteiger partial charge < -0.3 is 40.4 Å². The van der Waals surface area contributed by atoms with Gasteiger partial charge >= 0.3 is 5.97 Å². The molecule has 6 heterocycles. The lowest BCUT2D eigenvalue weighted by molar-refractivity contribution is -1.08. The fraction of sp³-hybridized carbons (Fsp3) is 0.559. The maximum Gasteiger partial charge on any atom is 0.352 e. The number of aliphatic carboxylic acids is 1. The largest absolute Gasteiger partial charge is 0.477 e. The Morgan fingerprint density at radius 2 is 1.76 bits per heavy atom. The minimum atomic E-state index is -1.07. The van der Waals surface area contributed by atoms with Gasteiger partial charge in [-0.05, 0) is 35.1 Å². The highest BCUT2D eigenvalue weighted by molar-refractivity contribution is 6.02. The number of carbonyl (C=O) groups is 2. The van der Waals surface area contributed by atoms with E-state index in [1.54, 1.807) is 6.92 Å². The van der Waals surface area contributed by atoms with Crippen molar-refractivity contribution in [3.63, 3.8) is 0 Å². The molecule has 0 aromatic heterocycles. The van der Waals surface area contributed by atoms with Crippen LogP contribution in [-0.2, 0) is 22.6 Å². The molecule has 1 amide bonds. The molecular formula is C34H47N7O4+2. The fourth-order valence-corrected chi connectivity index (χ4v) is 9.21. The van der Waals surface area contributed by atoms with E-state index in [1.165, 1.54) is 75.0 Å². The van der Waals surface area contributed by atoms with Gasteiger partial charge in [-0.15, -0.1) is 0 Å². The van der Waals surface area contributed by atoms with Crippen LogP contribution in [0, 0.1) is 11.8 Å². The number of β-lactam (4-membered cyclic amide) rings is 1. The summed E-state index contributed by atoms with van der Waals surface area (Å²) < 4.78 is 2.42. The van der Waals surface area contributed by atoms with Crippen molar-refractivity contribution in [3.8, 4) is 0 Å². The Morgan fingerprint density at radius 3 is 2.40 bits per heavy atom. The summed E-state index contributed by atoms with van der Waals surface area (Å²) in [5, 5.41) is 23.0. The van der Waals surface area contributed by atoms with Gasteiger partial charge in [-0.3, -0.25) is 9.79 Å². The number of guanidine groups is 1. The molecule has 240 valence electrons. The molecule has 2 bridgehead atoms. The number of carboxylic acids is 1. The van der Waals surface area contributed by atoms with E-state index in [1.807, 2.05) is 6.92 Å². The number of hydrogen-bond donors (Lipinski definition) is 4. The van der Waals surface area contributed by atoms with Crippen molar-refractivity contribution in [2.45, 2.75) is 45.4 Å². The van der Waals surface area contributed by atoms with E-state index in [0.717, 1.165) is 37.2 Å². The van der Waals surface area contributed by atoms with Crippen molar-refractivity contribution in [1.82, 2.24) is 4.90 Å². The number of aliphatic hydroxyl groups excluding tert-OH is 1. The van der Waals surface area contributed by atoms with Crippen molar-refractivity contribution in [1.29, 1.82) is 0 Å². The summed E-state index contributed by atoms with van der Waals surface area (Å²) in [6.07, 6.45) is 1.26. The van der Waals surface area contributed by atoms with Crippen LogP contribution in [0.2, 0.25) is 0 Å². The van der Waals surface area contributed by atoms with Crippen molar-refractivity contribution >= 4 is 34.3 Å². The number of amides is 1. The molecule has 3 unspecified atom stereocenters. The second-order valence-electron chi connectivity index (χ2n) is 14.3. The van der Waals surface area contributed by atoms with Crippen molar-refractivity contribution in [2.75, 3.05) is 70.3 Å². The summed E-state index contributed by atoms with van der Waals surface area (Å²) in [5.41, 5.74) is 15.7. The van der Waals surface area contributed by atoms with Crippen LogP contribution in [0.3, 0.4) is 0 Å². The molecule has 4 atom stereocenters. The topological polar surface area (TPSA) is 145 Å². The van der Waals surface area contributed by atoms with Gasteiger partial charge in [0, 0.05) is 49.5 Å². The zero-order valence-electron chi connectivity index (χ0n) is 26.5. The van der Waals surface area contributed by atoms with Crippen LogP contribution < -0.4 is 16.4 Å². The third kappa shape index (κ3) is 4.87. The quantitative estimate of drug-likeness (QED) is 0.0976. The number of nitrogens with two attached hydrogens (primary N) is 2. The fourth-order valence-electron chi connectivity index (χ4n) is 9.21. The summed E-state index contributed by atoms with van der Waals surface area (Å²) in [4.78, 5) is 33.1. The second-order valence-corrected chi connectivity index (χ2v) is 14.3. The van der Waals surface area contributed by atoms with Gasteiger partial charge in [0.05, 0.1) is 31.2 Å². The molecule has 6 aliphatic rings. The lowest BCUT2D eigenvalue weighted by Gasteiger charge is -2.55. The van der Waals surface area contributed by atoms with Crippen LogP contribution >= 0.6 is 0 Å². The number of quaternary nitrogens is 2. The minimum Gasteiger partial charge on any atom is -0.477 e. The number of benzene rings is 2. The molecule has 45 heavy (non-hydrogen) atoms. The summed E-state index contributed by atoms with van der Waals surface area (Å²) in [6, 6.07) is 10.8. The highest BCUT2D eigenvalue weighted by Gasteiger charge is 2.60. The summed E-state index contributed by atoms with van der Waals surface area (Å²) in [7, 11) is 0. The molecule has 11 heteroatoms. The summed E-state index contributed by atoms with van der Waals surface area (Å²) in [6.45, 7) is 15.2. The first kappa shape index (κ1) is 30.0. The third-order valence-electron chi connectivity index (χ3n) is 11.9. The van der Waals surface area contributed by atoms with Gasteiger partial charge in [0.1, 0.15) is 45.0 Å². The molecular weight excluding hydrogens is 570 g/mol. The standard InChI is InChI=1S/C34H45N7O4/c1-21-26(31(33(44)45)39-30(21)28(22(2)42)32(39)43)20-38-19-24-8-7-23(25-5-3-6-27(38)29(24)25)9-12-41-16-13-40(14-17-41,15-18-41)11-4-10-37-34(35)36/h3,5-8,21-22,28,30,42H,4,9-20H2,1-2H3,(H3-2,35,36,37,44,45)/p+2/t21-,22?,28?,30?,40?,41?/m0/s1. The zero-order chi connectivity index (χ0) is 31.7. The molecule has 4 fully saturated rings. The van der Waals surface area contributed by atoms with Crippen LogP contribution in [-0.4, -0.2) is 120 Å². The normalized spacial score (nSPS) is 30.6. The van der Waals surface area contributed by atoms with Crippen LogP contribution in [0.4, 0.5) is 5.69 Å². The highest BCUT2D eigenvalue weighted by Crippen LogP contribution is 2.48. The average Bonchev–Trinajstić information content (AvgIpc) is 3.49. The number of fused-ring (bicyclic) bond motifs is 4.